The summed E-state index contributed by atoms with van der Waals surface area (Å²) < 4.78 is 0. The molecule has 0 aliphatic heterocycles. The summed E-state index contributed by atoms with van der Waals surface area (Å²) in [5, 5.41) is 1.14. The Morgan fingerprint density at radius 3 is 2.28 bits per heavy atom. The van der Waals surface area contributed by atoms with Crippen LogP contribution in [0.1, 0.15) is 17.3 Å². The fraction of sp³-hybridized carbons (Fsp3) is 0.0435. The highest BCUT2D eigenvalue weighted by atomic mass is 16.1. The van der Waals surface area contributed by atoms with E-state index in [0.717, 1.165) is 38.9 Å². The molecular weight excluding hydrogens is 306 g/mol. The van der Waals surface area contributed by atoms with Crippen molar-refractivity contribution in [3.8, 4) is 22.4 Å². The Morgan fingerprint density at radius 2 is 1.48 bits per heavy atom. The second kappa shape index (κ2) is 6.33. The zero-order chi connectivity index (χ0) is 17.2. The van der Waals surface area contributed by atoms with Crippen molar-refractivity contribution in [2.45, 2.75) is 6.92 Å². The van der Waals surface area contributed by atoms with Gasteiger partial charge in [-0.3, -0.25) is 4.79 Å². The van der Waals surface area contributed by atoms with Gasteiger partial charge in [0.1, 0.15) is 0 Å². The van der Waals surface area contributed by atoms with Crippen molar-refractivity contribution in [1.29, 1.82) is 0 Å². The second-order valence-electron chi connectivity index (χ2n) is 6.10. The lowest BCUT2D eigenvalue weighted by Crippen LogP contribution is -1.91. The number of Topliss-reactive ketones (excluding diaryl/α,β-unsaturated/α-hetero) is 1. The van der Waals surface area contributed by atoms with E-state index in [2.05, 4.69) is 36.4 Å². The Labute approximate surface area is 146 Å². The molecule has 3 aromatic carbocycles. The predicted molar refractivity (Wildman–Crippen MR) is 103 cm³/mol. The average Bonchev–Trinajstić information content (AvgIpc) is 2.68. The summed E-state index contributed by atoms with van der Waals surface area (Å²) in [4.78, 5) is 16.2. The molecule has 0 saturated heterocycles. The van der Waals surface area contributed by atoms with Gasteiger partial charge in [-0.15, -0.1) is 0 Å². The molecule has 0 radical (unpaired) electrons. The maximum Gasteiger partial charge on any atom is 0.159 e. The van der Waals surface area contributed by atoms with Crippen molar-refractivity contribution in [1.82, 2.24) is 4.98 Å². The van der Waals surface area contributed by atoms with Crippen LogP contribution in [0.3, 0.4) is 0 Å². The Hall–Kier alpha value is -3.26. The van der Waals surface area contributed by atoms with E-state index in [1.807, 2.05) is 48.5 Å². The third-order valence-corrected chi connectivity index (χ3v) is 4.38. The standard InChI is InChI=1S/C23H17NO/c1-16(25)17-9-11-18(12-10-17)20-6-4-7-21(15-20)23-14-13-19-5-2-3-8-22(19)24-23/h2-15H,1H3. The third-order valence-electron chi connectivity index (χ3n) is 4.38. The molecule has 0 fully saturated rings. The van der Waals surface area contributed by atoms with Crippen molar-refractivity contribution in [2.75, 3.05) is 0 Å². The number of fused-ring (bicyclic) bond motifs is 1. The smallest absolute Gasteiger partial charge is 0.159 e. The Balaban J connectivity index is 1.74. The highest BCUT2D eigenvalue weighted by Gasteiger charge is 2.05. The number of ketones is 1. The Kier molecular flexibility index (Phi) is 3.87. The van der Waals surface area contributed by atoms with Crippen LogP contribution in [0.2, 0.25) is 0 Å². The first-order valence-corrected chi connectivity index (χ1v) is 8.28. The number of carbonyl (C=O) groups is 1. The highest BCUT2D eigenvalue weighted by Crippen LogP contribution is 2.27. The van der Waals surface area contributed by atoms with E-state index in [-0.39, 0.29) is 5.78 Å². The van der Waals surface area contributed by atoms with Gasteiger partial charge < -0.3 is 0 Å². The van der Waals surface area contributed by atoms with Gasteiger partial charge in [-0.1, -0.05) is 66.7 Å². The van der Waals surface area contributed by atoms with Gasteiger partial charge in [0.2, 0.25) is 0 Å². The van der Waals surface area contributed by atoms with Crippen molar-refractivity contribution >= 4 is 16.7 Å². The van der Waals surface area contributed by atoms with Crippen molar-refractivity contribution in [3.05, 3.63) is 90.5 Å². The van der Waals surface area contributed by atoms with Gasteiger partial charge in [0, 0.05) is 16.5 Å². The van der Waals surface area contributed by atoms with Crippen LogP contribution in [0, 0.1) is 0 Å². The molecule has 1 aromatic heterocycles. The van der Waals surface area contributed by atoms with Crippen LogP contribution >= 0.6 is 0 Å². The molecule has 1 heterocycles. The molecule has 4 rings (SSSR count). The average molecular weight is 323 g/mol. The van der Waals surface area contributed by atoms with Gasteiger partial charge in [-0.2, -0.15) is 0 Å². The summed E-state index contributed by atoms with van der Waals surface area (Å²) in [6, 6.07) is 28.3. The maximum absolute atomic E-state index is 11.4. The molecule has 0 aliphatic carbocycles. The van der Waals surface area contributed by atoms with Gasteiger partial charge >= 0.3 is 0 Å². The molecular formula is C23H17NO. The monoisotopic (exact) mass is 323 g/mol. The minimum Gasteiger partial charge on any atom is -0.295 e. The van der Waals surface area contributed by atoms with E-state index in [0.29, 0.717) is 0 Å². The van der Waals surface area contributed by atoms with Crippen LogP contribution in [-0.2, 0) is 0 Å². The van der Waals surface area contributed by atoms with Crippen LogP contribution in [0.5, 0.6) is 0 Å². The number of nitrogens with zero attached hydrogens (tertiary/aromatic N) is 1. The zero-order valence-electron chi connectivity index (χ0n) is 13.9. The number of rotatable bonds is 3. The summed E-state index contributed by atoms with van der Waals surface area (Å²) in [7, 11) is 0. The number of pyridine rings is 1. The lowest BCUT2D eigenvalue weighted by atomic mass is 9.99. The van der Waals surface area contributed by atoms with Crippen LogP contribution in [0.25, 0.3) is 33.3 Å². The molecule has 0 N–H and O–H groups in total. The number of aromatic nitrogens is 1. The molecule has 0 unspecified atom stereocenters. The fourth-order valence-electron chi connectivity index (χ4n) is 2.98. The fourth-order valence-corrected chi connectivity index (χ4v) is 2.98. The molecule has 4 aromatic rings. The molecule has 2 nitrogen and oxygen atoms in total. The van der Waals surface area contributed by atoms with E-state index in [1.165, 1.54) is 0 Å². The topological polar surface area (TPSA) is 30.0 Å². The van der Waals surface area contributed by atoms with E-state index in [9.17, 15) is 4.79 Å². The molecule has 0 aliphatic rings. The lowest BCUT2D eigenvalue weighted by molar-refractivity contribution is 0.101. The van der Waals surface area contributed by atoms with Crippen LogP contribution < -0.4 is 0 Å². The number of benzene rings is 3. The number of para-hydroxylation sites is 1. The molecule has 2 heteroatoms. The minimum absolute atomic E-state index is 0.0839. The molecule has 0 bridgehead atoms. The third kappa shape index (κ3) is 3.07. The molecule has 0 spiro atoms. The predicted octanol–water partition coefficient (Wildman–Crippen LogP) is 5.77. The molecule has 0 amide bonds. The van der Waals surface area contributed by atoms with E-state index in [4.69, 9.17) is 4.98 Å². The second-order valence-corrected chi connectivity index (χ2v) is 6.10. The van der Waals surface area contributed by atoms with E-state index < -0.39 is 0 Å². The van der Waals surface area contributed by atoms with Crippen LogP contribution in [-0.4, -0.2) is 10.8 Å². The first-order chi connectivity index (χ1) is 12.2. The first kappa shape index (κ1) is 15.3. The van der Waals surface area contributed by atoms with Crippen molar-refractivity contribution in [3.63, 3.8) is 0 Å². The zero-order valence-corrected chi connectivity index (χ0v) is 13.9. The summed E-state index contributed by atoms with van der Waals surface area (Å²) in [6.45, 7) is 1.58. The van der Waals surface area contributed by atoms with Gasteiger partial charge in [0.15, 0.2) is 5.78 Å². The van der Waals surface area contributed by atoms with Gasteiger partial charge in [0.25, 0.3) is 0 Å². The molecule has 0 atom stereocenters. The van der Waals surface area contributed by atoms with Crippen molar-refractivity contribution in [2.24, 2.45) is 0 Å². The summed E-state index contributed by atoms with van der Waals surface area (Å²) in [5.74, 6) is 0.0839. The normalized spacial score (nSPS) is 10.8. The Morgan fingerprint density at radius 1 is 0.720 bits per heavy atom. The van der Waals surface area contributed by atoms with E-state index >= 15 is 0 Å². The lowest BCUT2D eigenvalue weighted by Gasteiger charge is -2.07. The van der Waals surface area contributed by atoms with Gasteiger partial charge in [-0.05, 0) is 36.2 Å². The summed E-state index contributed by atoms with van der Waals surface area (Å²) >= 11 is 0. The Bertz CT molecular complexity index is 1060. The van der Waals surface area contributed by atoms with Crippen LogP contribution in [0.4, 0.5) is 0 Å². The molecule has 0 saturated carbocycles. The SMILES string of the molecule is CC(=O)c1ccc(-c2cccc(-c3ccc4ccccc4n3)c2)cc1. The molecule has 25 heavy (non-hydrogen) atoms. The van der Waals surface area contributed by atoms with Gasteiger partial charge in [-0.25, -0.2) is 4.98 Å². The first-order valence-electron chi connectivity index (χ1n) is 8.28. The minimum atomic E-state index is 0.0839. The number of hydrogen-bond acceptors (Lipinski definition) is 2. The highest BCUT2D eigenvalue weighted by molar-refractivity contribution is 5.94. The number of carbonyl (C=O) groups excluding carboxylic acids is 1. The number of hydrogen-bond donors (Lipinski definition) is 0. The quantitative estimate of drug-likeness (QED) is 0.448. The maximum atomic E-state index is 11.4. The summed E-state index contributed by atoms with van der Waals surface area (Å²) in [6.07, 6.45) is 0. The molecule has 120 valence electrons. The van der Waals surface area contributed by atoms with Gasteiger partial charge in [0.05, 0.1) is 11.2 Å². The van der Waals surface area contributed by atoms with E-state index in [1.54, 1.807) is 6.92 Å². The van der Waals surface area contributed by atoms with Crippen LogP contribution in [0.15, 0.2) is 84.9 Å². The van der Waals surface area contributed by atoms with Crippen molar-refractivity contribution < 1.29 is 4.79 Å². The summed E-state index contributed by atoms with van der Waals surface area (Å²) in [5.41, 5.74) is 5.97. The largest absolute Gasteiger partial charge is 0.295 e.